The first-order valence-corrected chi connectivity index (χ1v) is 13.5. The normalized spacial score (nSPS) is 19.1. The van der Waals surface area contributed by atoms with Crippen molar-refractivity contribution in [1.29, 1.82) is 0 Å². The Morgan fingerprint density at radius 3 is 2.15 bits per heavy atom. The fraction of sp³-hybridized carbons (Fsp3) is 0.414. The van der Waals surface area contributed by atoms with Crippen molar-refractivity contribution in [2.45, 2.75) is 24.5 Å². The number of fused-ring (bicyclic) bond motifs is 1. The van der Waals surface area contributed by atoms with E-state index in [1.165, 1.54) is 18.2 Å². The number of nitrogens with zero attached hydrogens (tertiary/aromatic N) is 5. The molecule has 2 aliphatic heterocycles. The minimum atomic E-state index is -0.480. The number of aliphatic hydroxyl groups excluding tert-OH is 1. The molecular formula is C29H36Cl3N5O4. The second-order valence-corrected chi connectivity index (χ2v) is 10.3. The fourth-order valence-electron chi connectivity index (χ4n) is 5.96. The van der Waals surface area contributed by atoms with Crippen LogP contribution in [0.2, 0.25) is 5.15 Å². The van der Waals surface area contributed by atoms with Gasteiger partial charge in [0.15, 0.2) is 0 Å². The Hall–Kier alpha value is -2.66. The van der Waals surface area contributed by atoms with Crippen molar-refractivity contribution >= 4 is 42.3 Å². The molecule has 0 unspecified atom stereocenters. The lowest BCUT2D eigenvalue weighted by Crippen LogP contribution is -2.67. The van der Waals surface area contributed by atoms with Crippen molar-refractivity contribution in [2.75, 3.05) is 53.6 Å². The highest BCUT2D eigenvalue weighted by Crippen LogP contribution is 2.37. The maximum atomic E-state index is 12.4. The van der Waals surface area contributed by atoms with Gasteiger partial charge >= 0.3 is 6.01 Å². The maximum absolute atomic E-state index is 12.4. The summed E-state index contributed by atoms with van der Waals surface area (Å²) in [5, 5.41) is 9.82. The van der Waals surface area contributed by atoms with Gasteiger partial charge in [-0.05, 0) is 11.1 Å². The first-order chi connectivity index (χ1) is 19.0. The fourth-order valence-corrected chi connectivity index (χ4v) is 6.17. The van der Waals surface area contributed by atoms with Crippen molar-refractivity contribution in [3.05, 3.63) is 82.5 Å². The molecule has 2 fully saturated rings. The Balaban J connectivity index is 0.00000231. The Labute approximate surface area is 258 Å². The standard InChI is InChI=1S/C29H34ClN5O4.2ClH/c1-38-28-23(27(30)31-29(32-28)39-2)17-33-15-22-16-34(25(37)19-36)13-14-35(22)24(18-33)26(20-9-5-3-6-10-20)21-11-7-4-8-12-21;;/h3-12,22,24,26,36H,13-19H2,1-2H3;2*1H/t22-,24+;;/m1../s1. The van der Waals surface area contributed by atoms with E-state index in [0.717, 1.165) is 13.1 Å². The van der Waals surface area contributed by atoms with E-state index in [0.29, 0.717) is 42.8 Å². The summed E-state index contributed by atoms with van der Waals surface area (Å²) in [6, 6.07) is 21.5. The van der Waals surface area contributed by atoms with Crippen molar-refractivity contribution < 1.29 is 19.4 Å². The zero-order valence-corrected chi connectivity index (χ0v) is 25.4. The van der Waals surface area contributed by atoms with Gasteiger partial charge in [0.2, 0.25) is 11.8 Å². The molecule has 2 saturated heterocycles. The van der Waals surface area contributed by atoms with Crippen molar-refractivity contribution in [3.8, 4) is 11.9 Å². The van der Waals surface area contributed by atoms with Crippen LogP contribution in [0.4, 0.5) is 0 Å². The van der Waals surface area contributed by atoms with Gasteiger partial charge in [0.25, 0.3) is 0 Å². The number of amides is 1. The third kappa shape index (κ3) is 7.23. The van der Waals surface area contributed by atoms with E-state index in [1.807, 2.05) is 12.1 Å². The SMILES string of the molecule is COc1nc(Cl)c(CN2C[C@@H]3CN(C(=O)CO)CCN3[C@H](C(c3ccccc3)c3ccccc3)C2)c(OC)n1.Cl.Cl. The minimum Gasteiger partial charge on any atom is -0.481 e. The second-order valence-electron chi connectivity index (χ2n) is 9.94. The van der Waals surface area contributed by atoms with Gasteiger partial charge in [-0.2, -0.15) is 9.97 Å². The van der Waals surface area contributed by atoms with Crippen LogP contribution in [0, 0.1) is 0 Å². The molecule has 0 aliphatic carbocycles. The van der Waals surface area contributed by atoms with Crippen molar-refractivity contribution in [3.63, 3.8) is 0 Å². The minimum absolute atomic E-state index is 0. The number of piperazine rings is 2. The van der Waals surface area contributed by atoms with Crippen LogP contribution in [0.1, 0.15) is 22.6 Å². The number of rotatable bonds is 8. The molecule has 1 N–H and O–H groups in total. The predicted octanol–water partition coefficient (Wildman–Crippen LogP) is 3.51. The third-order valence-electron chi connectivity index (χ3n) is 7.71. The lowest BCUT2D eigenvalue weighted by molar-refractivity contribution is -0.139. The van der Waals surface area contributed by atoms with Crippen molar-refractivity contribution in [2.24, 2.45) is 0 Å². The van der Waals surface area contributed by atoms with Crippen LogP contribution in [-0.2, 0) is 11.3 Å². The van der Waals surface area contributed by atoms with Gasteiger partial charge in [-0.1, -0.05) is 72.3 Å². The lowest BCUT2D eigenvalue weighted by Gasteiger charge is -2.53. The van der Waals surface area contributed by atoms with Crippen LogP contribution in [0.3, 0.4) is 0 Å². The zero-order chi connectivity index (χ0) is 27.4. The van der Waals surface area contributed by atoms with Crippen LogP contribution in [0.25, 0.3) is 0 Å². The molecule has 12 heteroatoms. The van der Waals surface area contributed by atoms with Gasteiger partial charge in [0.05, 0.1) is 19.8 Å². The van der Waals surface area contributed by atoms with Crippen LogP contribution < -0.4 is 9.47 Å². The summed E-state index contributed by atoms with van der Waals surface area (Å²) >= 11 is 6.59. The number of hydrogen-bond acceptors (Lipinski definition) is 8. The number of aromatic nitrogens is 2. The predicted molar refractivity (Wildman–Crippen MR) is 163 cm³/mol. The van der Waals surface area contributed by atoms with E-state index in [4.69, 9.17) is 21.1 Å². The number of aliphatic hydroxyl groups is 1. The second kappa shape index (κ2) is 15.0. The number of methoxy groups -OCH3 is 2. The topological polar surface area (TPSA) is 91.3 Å². The average Bonchev–Trinajstić information content (AvgIpc) is 2.98. The summed E-state index contributed by atoms with van der Waals surface area (Å²) in [6.07, 6.45) is 0. The first kappa shape index (κ1) is 32.8. The van der Waals surface area contributed by atoms with Crippen LogP contribution in [0.15, 0.2) is 60.7 Å². The summed E-state index contributed by atoms with van der Waals surface area (Å²) in [5.41, 5.74) is 3.18. The highest BCUT2D eigenvalue weighted by Gasteiger charge is 2.43. The number of benzene rings is 2. The molecule has 1 aromatic heterocycles. The van der Waals surface area contributed by atoms with Gasteiger partial charge < -0.3 is 19.5 Å². The molecule has 5 rings (SSSR count). The Morgan fingerprint density at radius 2 is 1.59 bits per heavy atom. The number of carbonyl (C=O) groups excluding carboxylic acids is 1. The molecule has 41 heavy (non-hydrogen) atoms. The largest absolute Gasteiger partial charge is 0.481 e. The van der Waals surface area contributed by atoms with E-state index in [1.54, 1.807) is 12.0 Å². The summed E-state index contributed by atoms with van der Waals surface area (Å²) < 4.78 is 10.7. The quantitative estimate of drug-likeness (QED) is 0.381. The highest BCUT2D eigenvalue weighted by atomic mass is 35.5. The highest BCUT2D eigenvalue weighted by molar-refractivity contribution is 6.30. The van der Waals surface area contributed by atoms with Crippen LogP contribution >= 0.6 is 36.4 Å². The molecular weight excluding hydrogens is 589 g/mol. The van der Waals surface area contributed by atoms with E-state index in [9.17, 15) is 9.90 Å². The van der Waals surface area contributed by atoms with E-state index in [-0.39, 0.29) is 54.7 Å². The molecule has 2 aromatic carbocycles. The molecule has 2 aliphatic rings. The summed E-state index contributed by atoms with van der Waals surface area (Å²) in [7, 11) is 3.05. The van der Waals surface area contributed by atoms with Crippen LogP contribution in [0.5, 0.6) is 11.9 Å². The molecule has 0 saturated carbocycles. The number of hydrogen-bond donors (Lipinski definition) is 1. The Kier molecular flexibility index (Phi) is 12.0. The zero-order valence-electron chi connectivity index (χ0n) is 23.1. The maximum Gasteiger partial charge on any atom is 0.320 e. The van der Waals surface area contributed by atoms with E-state index >= 15 is 0 Å². The Morgan fingerprint density at radius 1 is 0.951 bits per heavy atom. The smallest absolute Gasteiger partial charge is 0.320 e. The molecule has 2 atom stereocenters. The summed E-state index contributed by atoms with van der Waals surface area (Å²) in [5.74, 6) is 0.260. The molecule has 3 heterocycles. The van der Waals surface area contributed by atoms with Gasteiger partial charge in [0, 0.05) is 57.3 Å². The number of carbonyl (C=O) groups is 1. The third-order valence-corrected chi connectivity index (χ3v) is 8.03. The summed E-state index contributed by atoms with van der Waals surface area (Å²) in [6.45, 7) is 3.36. The van der Waals surface area contributed by atoms with E-state index < -0.39 is 6.61 Å². The van der Waals surface area contributed by atoms with E-state index in [2.05, 4.69) is 68.3 Å². The van der Waals surface area contributed by atoms with Gasteiger partial charge in [0.1, 0.15) is 11.8 Å². The number of halogens is 3. The first-order valence-electron chi connectivity index (χ1n) is 13.1. The molecule has 0 bridgehead atoms. The van der Waals surface area contributed by atoms with Gasteiger partial charge in [-0.15, -0.1) is 24.8 Å². The van der Waals surface area contributed by atoms with Crippen molar-refractivity contribution in [1.82, 2.24) is 24.7 Å². The Bertz CT molecular complexity index is 1230. The monoisotopic (exact) mass is 623 g/mol. The molecule has 3 aromatic rings. The summed E-state index contributed by atoms with van der Waals surface area (Å²) in [4.78, 5) is 27.7. The molecule has 1 amide bonds. The molecule has 9 nitrogen and oxygen atoms in total. The lowest BCUT2D eigenvalue weighted by atomic mass is 9.81. The average molecular weight is 625 g/mol. The molecule has 0 spiro atoms. The molecule has 0 radical (unpaired) electrons. The van der Waals surface area contributed by atoms with Crippen LogP contribution in [-0.4, -0.2) is 101 Å². The van der Waals surface area contributed by atoms with Gasteiger partial charge in [-0.3, -0.25) is 14.6 Å². The number of ether oxygens (including phenoxy) is 2. The van der Waals surface area contributed by atoms with Gasteiger partial charge in [-0.25, -0.2) is 0 Å². The molecule has 222 valence electrons.